The van der Waals surface area contributed by atoms with Gasteiger partial charge in [-0.1, -0.05) is 6.42 Å². The molecule has 2 rings (SSSR count). The molecule has 18 heavy (non-hydrogen) atoms. The fraction of sp³-hybridized carbons (Fsp3) is 0.769. The van der Waals surface area contributed by atoms with Crippen molar-refractivity contribution < 1.29 is 10.2 Å². The maximum atomic E-state index is 9.83. The summed E-state index contributed by atoms with van der Waals surface area (Å²) in [5, 5.41) is 26.7. The molecule has 3 atom stereocenters. The summed E-state index contributed by atoms with van der Waals surface area (Å²) in [6, 6.07) is 1.85. The third kappa shape index (κ3) is 4.40. The molecule has 0 bridgehead atoms. The largest absolute Gasteiger partial charge is 0.393 e. The zero-order valence-electron chi connectivity index (χ0n) is 10.7. The predicted octanol–water partition coefficient (Wildman–Crippen LogP) is 0.385. The molecule has 0 aromatic carbocycles. The van der Waals surface area contributed by atoms with Gasteiger partial charge in [0.25, 0.3) is 0 Å². The standard InChI is InChI=1S/C13H23N3O2/c17-12-4-1-3-11(7-12)8-14-9-13(18)10-16-6-2-5-15-16/h2,5-6,11-14,17-18H,1,3-4,7-10H2. The minimum Gasteiger partial charge on any atom is -0.393 e. The summed E-state index contributed by atoms with van der Waals surface area (Å²) < 4.78 is 1.73. The van der Waals surface area contributed by atoms with Gasteiger partial charge in [0, 0.05) is 18.9 Å². The van der Waals surface area contributed by atoms with Crippen LogP contribution in [0.4, 0.5) is 0 Å². The van der Waals surface area contributed by atoms with Crippen LogP contribution in [0.3, 0.4) is 0 Å². The Labute approximate surface area is 108 Å². The molecule has 5 heteroatoms. The van der Waals surface area contributed by atoms with E-state index >= 15 is 0 Å². The lowest BCUT2D eigenvalue weighted by molar-refractivity contribution is 0.0971. The first-order valence-electron chi connectivity index (χ1n) is 6.78. The molecule has 0 aliphatic heterocycles. The van der Waals surface area contributed by atoms with Crippen molar-refractivity contribution in [3.63, 3.8) is 0 Å². The molecule has 3 unspecified atom stereocenters. The van der Waals surface area contributed by atoms with E-state index in [1.165, 1.54) is 6.42 Å². The topological polar surface area (TPSA) is 70.3 Å². The van der Waals surface area contributed by atoms with E-state index in [1.807, 2.05) is 12.3 Å². The van der Waals surface area contributed by atoms with Crippen LogP contribution in [0.2, 0.25) is 0 Å². The van der Waals surface area contributed by atoms with Crippen molar-refractivity contribution in [3.05, 3.63) is 18.5 Å². The van der Waals surface area contributed by atoms with E-state index in [2.05, 4.69) is 10.4 Å². The van der Waals surface area contributed by atoms with Gasteiger partial charge in [-0.3, -0.25) is 4.68 Å². The van der Waals surface area contributed by atoms with E-state index in [4.69, 9.17) is 0 Å². The number of aliphatic hydroxyl groups excluding tert-OH is 2. The third-order valence-corrected chi connectivity index (χ3v) is 3.53. The summed E-state index contributed by atoms with van der Waals surface area (Å²) in [5.41, 5.74) is 0. The van der Waals surface area contributed by atoms with Crippen LogP contribution < -0.4 is 5.32 Å². The minimum atomic E-state index is -0.418. The molecule has 0 spiro atoms. The van der Waals surface area contributed by atoms with Crippen molar-refractivity contribution in [2.24, 2.45) is 5.92 Å². The number of hydrogen-bond donors (Lipinski definition) is 3. The summed E-state index contributed by atoms with van der Waals surface area (Å²) >= 11 is 0. The van der Waals surface area contributed by atoms with Crippen molar-refractivity contribution in [2.75, 3.05) is 13.1 Å². The van der Waals surface area contributed by atoms with Crippen LogP contribution in [0.5, 0.6) is 0 Å². The van der Waals surface area contributed by atoms with Gasteiger partial charge in [0.05, 0.1) is 18.8 Å². The molecule has 0 radical (unpaired) electrons. The maximum Gasteiger partial charge on any atom is 0.0860 e. The summed E-state index contributed by atoms with van der Waals surface area (Å²) in [6.07, 6.45) is 7.14. The fourth-order valence-corrected chi connectivity index (χ4v) is 2.59. The molecule has 0 saturated heterocycles. The Morgan fingerprint density at radius 2 is 2.33 bits per heavy atom. The molecular formula is C13H23N3O2. The van der Waals surface area contributed by atoms with Crippen molar-refractivity contribution >= 4 is 0 Å². The molecule has 3 N–H and O–H groups in total. The highest BCUT2D eigenvalue weighted by Crippen LogP contribution is 2.23. The Hall–Kier alpha value is -0.910. The zero-order valence-corrected chi connectivity index (χ0v) is 10.7. The first kappa shape index (κ1) is 13.5. The predicted molar refractivity (Wildman–Crippen MR) is 69.1 cm³/mol. The highest BCUT2D eigenvalue weighted by Gasteiger charge is 2.19. The zero-order chi connectivity index (χ0) is 12.8. The van der Waals surface area contributed by atoms with Gasteiger partial charge >= 0.3 is 0 Å². The molecule has 1 saturated carbocycles. The van der Waals surface area contributed by atoms with Gasteiger partial charge in [-0.15, -0.1) is 0 Å². The van der Waals surface area contributed by atoms with E-state index in [9.17, 15) is 10.2 Å². The maximum absolute atomic E-state index is 9.83. The molecule has 102 valence electrons. The molecule has 1 fully saturated rings. The monoisotopic (exact) mass is 253 g/mol. The van der Waals surface area contributed by atoms with Crippen LogP contribution in [0.1, 0.15) is 25.7 Å². The van der Waals surface area contributed by atoms with Crippen molar-refractivity contribution in [1.82, 2.24) is 15.1 Å². The highest BCUT2D eigenvalue weighted by atomic mass is 16.3. The van der Waals surface area contributed by atoms with Crippen molar-refractivity contribution in [3.8, 4) is 0 Å². The average Bonchev–Trinajstić information content (AvgIpc) is 2.82. The van der Waals surface area contributed by atoms with Crippen LogP contribution in [0, 0.1) is 5.92 Å². The second kappa shape index (κ2) is 6.87. The Balaban J connectivity index is 1.59. The minimum absolute atomic E-state index is 0.125. The van der Waals surface area contributed by atoms with Gasteiger partial charge in [-0.2, -0.15) is 5.10 Å². The average molecular weight is 253 g/mol. The van der Waals surface area contributed by atoms with Gasteiger partial charge in [-0.25, -0.2) is 0 Å². The number of nitrogens with zero attached hydrogens (tertiary/aromatic N) is 2. The van der Waals surface area contributed by atoms with Gasteiger partial charge in [0.15, 0.2) is 0 Å². The summed E-state index contributed by atoms with van der Waals surface area (Å²) in [4.78, 5) is 0. The number of aromatic nitrogens is 2. The molecule has 5 nitrogen and oxygen atoms in total. The summed E-state index contributed by atoms with van der Waals surface area (Å²) in [6.45, 7) is 1.98. The molecule has 0 amide bonds. The Morgan fingerprint density at radius 1 is 1.44 bits per heavy atom. The van der Waals surface area contributed by atoms with Gasteiger partial charge in [0.1, 0.15) is 0 Å². The first-order chi connectivity index (χ1) is 8.74. The molecular weight excluding hydrogens is 230 g/mol. The number of rotatable bonds is 6. The van der Waals surface area contributed by atoms with Crippen molar-refractivity contribution in [1.29, 1.82) is 0 Å². The molecule has 1 aromatic heterocycles. The SMILES string of the molecule is OC1CCCC(CNCC(O)Cn2cccn2)C1. The van der Waals surface area contributed by atoms with E-state index in [-0.39, 0.29) is 6.10 Å². The van der Waals surface area contributed by atoms with Crippen LogP contribution in [0.15, 0.2) is 18.5 Å². The lowest BCUT2D eigenvalue weighted by Crippen LogP contribution is -2.35. The second-order valence-electron chi connectivity index (χ2n) is 5.23. The lowest BCUT2D eigenvalue weighted by Gasteiger charge is -2.26. The van der Waals surface area contributed by atoms with E-state index in [1.54, 1.807) is 10.9 Å². The molecule has 1 aromatic rings. The van der Waals surface area contributed by atoms with Crippen LogP contribution in [0.25, 0.3) is 0 Å². The third-order valence-electron chi connectivity index (χ3n) is 3.53. The molecule has 1 heterocycles. The van der Waals surface area contributed by atoms with Crippen LogP contribution in [-0.4, -0.2) is 45.3 Å². The van der Waals surface area contributed by atoms with Crippen LogP contribution >= 0.6 is 0 Å². The van der Waals surface area contributed by atoms with E-state index in [0.717, 1.165) is 25.8 Å². The normalized spacial score (nSPS) is 26.1. The van der Waals surface area contributed by atoms with Gasteiger partial charge < -0.3 is 15.5 Å². The second-order valence-corrected chi connectivity index (χ2v) is 5.23. The number of hydrogen-bond acceptors (Lipinski definition) is 4. The first-order valence-corrected chi connectivity index (χ1v) is 6.78. The lowest BCUT2D eigenvalue weighted by atomic mass is 9.87. The van der Waals surface area contributed by atoms with Gasteiger partial charge in [0.2, 0.25) is 0 Å². The molecule has 1 aliphatic carbocycles. The van der Waals surface area contributed by atoms with Gasteiger partial charge in [-0.05, 0) is 37.8 Å². The Morgan fingerprint density at radius 3 is 3.06 bits per heavy atom. The number of nitrogens with one attached hydrogen (secondary N) is 1. The number of aliphatic hydroxyl groups is 2. The Kier molecular flexibility index (Phi) is 5.16. The Bertz CT molecular complexity index is 329. The fourth-order valence-electron chi connectivity index (χ4n) is 2.59. The molecule has 1 aliphatic rings. The van der Waals surface area contributed by atoms with Crippen LogP contribution in [-0.2, 0) is 6.54 Å². The smallest absolute Gasteiger partial charge is 0.0860 e. The summed E-state index contributed by atoms with van der Waals surface area (Å²) in [5.74, 6) is 0.547. The van der Waals surface area contributed by atoms with E-state index in [0.29, 0.717) is 19.0 Å². The highest BCUT2D eigenvalue weighted by molar-refractivity contribution is 4.79. The van der Waals surface area contributed by atoms with E-state index < -0.39 is 6.10 Å². The summed E-state index contributed by atoms with van der Waals surface area (Å²) in [7, 11) is 0. The quantitative estimate of drug-likeness (QED) is 0.686. The van der Waals surface area contributed by atoms with Crippen molar-refractivity contribution in [2.45, 2.75) is 44.4 Å².